The van der Waals surface area contributed by atoms with Gasteiger partial charge in [-0.05, 0) is 75.2 Å². The minimum absolute atomic E-state index is 0.174. The molecule has 0 amide bonds. The highest BCUT2D eigenvalue weighted by atomic mass is 16.6. The molecule has 0 aromatic heterocycles. The van der Waals surface area contributed by atoms with Crippen molar-refractivity contribution >= 4 is 5.78 Å². The topological polar surface area (TPSA) is 29.6 Å². The summed E-state index contributed by atoms with van der Waals surface area (Å²) in [5.41, 5.74) is 0.889. The van der Waals surface area contributed by atoms with Crippen molar-refractivity contribution in [3.05, 3.63) is 11.6 Å². The molecule has 1 spiro atoms. The first-order valence-electron chi connectivity index (χ1n) is 9.16. The Balaban J connectivity index is 1.83. The molecule has 0 bridgehead atoms. The van der Waals surface area contributed by atoms with Crippen LogP contribution in [0.4, 0.5) is 0 Å². The van der Waals surface area contributed by atoms with Crippen LogP contribution in [0.25, 0.3) is 0 Å². The summed E-state index contributed by atoms with van der Waals surface area (Å²) < 4.78 is 6.20. The predicted octanol–water partition coefficient (Wildman–Crippen LogP) is 4.53. The number of hydrogen-bond acceptors (Lipinski definition) is 2. The number of carbonyl (C=O) groups is 1. The maximum atomic E-state index is 13.0. The molecule has 1 saturated heterocycles. The zero-order chi connectivity index (χ0) is 15.9. The van der Waals surface area contributed by atoms with E-state index in [4.69, 9.17) is 4.74 Å². The van der Waals surface area contributed by atoms with Crippen molar-refractivity contribution < 1.29 is 9.53 Å². The highest BCUT2D eigenvalue weighted by Gasteiger charge is 2.80. The van der Waals surface area contributed by atoms with Crippen LogP contribution >= 0.6 is 0 Å². The van der Waals surface area contributed by atoms with Gasteiger partial charge in [-0.25, -0.2) is 0 Å². The van der Waals surface area contributed by atoms with E-state index in [0.717, 1.165) is 24.7 Å². The van der Waals surface area contributed by atoms with E-state index >= 15 is 0 Å². The van der Waals surface area contributed by atoms with Crippen LogP contribution in [-0.4, -0.2) is 17.0 Å². The summed E-state index contributed by atoms with van der Waals surface area (Å²) >= 11 is 0. The quantitative estimate of drug-likeness (QED) is 0.666. The lowest BCUT2D eigenvalue weighted by Gasteiger charge is -2.44. The van der Waals surface area contributed by atoms with E-state index in [0.29, 0.717) is 11.8 Å². The molecule has 0 radical (unpaired) electrons. The van der Waals surface area contributed by atoms with Crippen LogP contribution in [0.1, 0.15) is 66.7 Å². The van der Waals surface area contributed by atoms with Crippen LogP contribution < -0.4 is 0 Å². The summed E-state index contributed by atoms with van der Waals surface area (Å²) in [6, 6.07) is 0. The van der Waals surface area contributed by atoms with E-state index < -0.39 is 5.60 Å². The molecule has 122 valence electrons. The third kappa shape index (κ3) is 1.58. The lowest BCUT2D eigenvalue weighted by atomic mass is 9.59. The first kappa shape index (κ1) is 14.9. The van der Waals surface area contributed by atoms with Gasteiger partial charge >= 0.3 is 0 Å². The van der Waals surface area contributed by atoms with E-state index in [1.165, 1.54) is 24.8 Å². The molecule has 4 aliphatic rings. The van der Waals surface area contributed by atoms with Crippen LogP contribution in [-0.2, 0) is 9.53 Å². The average Bonchev–Trinajstić information content (AvgIpc) is 2.74. The molecule has 3 fully saturated rings. The lowest BCUT2D eigenvalue weighted by molar-refractivity contribution is -0.124. The van der Waals surface area contributed by atoms with E-state index in [-0.39, 0.29) is 16.8 Å². The molecule has 1 heterocycles. The number of ether oxygens (including phenoxy) is 1. The number of epoxide rings is 1. The molecule has 2 nitrogen and oxygen atoms in total. The Hall–Kier alpha value is -0.630. The van der Waals surface area contributed by atoms with Gasteiger partial charge < -0.3 is 4.74 Å². The molecule has 4 rings (SSSR count). The molecule has 1 aliphatic heterocycles. The molecule has 6 atom stereocenters. The minimum atomic E-state index is -0.479. The summed E-state index contributed by atoms with van der Waals surface area (Å²) in [6.45, 7) is 11.6. The largest absolute Gasteiger partial charge is 0.354 e. The summed E-state index contributed by atoms with van der Waals surface area (Å²) in [5, 5.41) is 0. The van der Waals surface area contributed by atoms with Gasteiger partial charge in [0.25, 0.3) is 0 Å². The predicted molar refractivity (Wildman–Crippen MR) is 87.5 cm³/mol. The molecule has 6 unspecified atom stereocenters. The molecule has 3 aliphatic carbocycles. The van der Waals surface area contributed by atoms with Crippen molar-refractivity contribution in [3.8, 4) is 0 Å². The van der Waals surface area contributed by atoms with Crippen molar-refractivity contribution in [3.63, 3.8) is 0 Å². The maximum absolute atomic E-state index is 13.0. The van der Waals surface area contributed by atoms with Gasteiger partial charge in [0.05, 0.1) is 0 Å². The second-order valence-corrected chi connectivity index (χ2v) is 9.28. The van der Waals surface area contributed by atoms with Crippen LogP contribution in [0.5, 0.6) is 0 Å². The van der Waals surface area contributed by atoms with Gasteiger partial charge in [-0.2, -0.15) is 0 Å². The monoisotopic (exact) mass is 302 g/mol. The van der Waals surface area contributed by atoms with Crippen molar-refractivity contribution in [1.29, 1.82) is 0 Å². The molecule has 0 N–H and O–H groups in total. The number of allylic oxidation sites excluding steroid dienone is 1. The Morgan fingerprint density at radius 1 is 1.23 bits per heavy atom. The van der Waals surface area contributed by atoms with Crippen LogP contribution in [0.3, 0.4) is 0 Å². The number of fused-ring (bicyclic) bond motifs is 2. The van der Waals surface area contributed by atoms with Crippen LogP contribution in [0, 0.1) is 29.1 Å². The smallest absolute Gasteiger partial charge is 0.190 e. The Labute approximate surface area is 134 Å². The van der Waals surface area contributed by atoms with Crippen molar-refractivity contribution in [2.45, 2.75) is 77.9 Å². The molecule has 2 saturated carbocycles. The first-order chi connectivity index (χ1) is 10.2. The number of carbonyl (C=O) groups excluding carboxylic acids is 1. The highest BCUT2D eigenvalue weighted by molar-refractivity contribution is 6.02. The Kier molecular flexibility index (Phi) is 2.89. The van der Waals surface area contributed by atoms with Gasteiger partial charge in [0.2, 0.25) is 0 Å². The summed E-state index contributed by atoms with van der Waals surface area (Å²) in [7, 11) is 0. The van der Waals surface area contributed by atoms with Crippen molar-refractivity contribution in [2.24, 2.45) is 29.1 Å². The molecule has 0 aromatic rings. The highest BCUT2D eigenvalue weighted by Crippen LogP contribution is 2.72. The third-order valence-corrected chi connectivity index (χ3v) is 7.85. The summed E-state index contributed by atoms with van der Waals surface area (Å²) in [6.07, 6.45) is 7.86. The molecular formula is C20H30O2. The first-order valence-corrected chi connectivity index (χ1v) is 9.16. The van der Waals surface area contributed by atoms with E-state index in [9.17, 15) is 4.79 Å². The van der Waals surface area contributed by atoms with Gasteiger partial charge in [0, 0.05) is 5.92 Å². The van der Waals surface area contributed by atoms with E-state index in [1.54, 1.807) is 0 Å². The SMILES string of the molecule is CC1=CC(=O)C23OC2(C)CCC3C2(C)CCC(C(C)C)C2C1. The van der Waals surface area contributed by atoms with Gasteiger partial charge in [0.15, 0.2) is 11.4 Å². The second-order valence-electron chi connectivity index (χ2n) is 9.28. The molecule has 22 heavy (non-hydrogen) atoms. The van der Waals surface area contributed by atoms with Crippen LogP contribution in [0.15, 0.2) is 11.6 Å². The fraction of sp³-hybridized carbons (Fsp3) is 0.850. The van der Waals surface area contributed by atoms with Gasteiger partial charge in [-0.1, -0.05) is 26.3 Å². The number of rotatable bonds is 1. The zero-order valence-corrected chi connectivity index (χ0v) is 14.7. The van der Waals surface area contributed by atoms with Gasteiger partial charge in [-0.15, -0.1) is 0 Å². The Morgan fingerprint density at radius 3 is 2.59 bits per heavy atom. The minimum Gasteiger partial charge on any atom is -0.354 e. The maximum Gasteiger partial charge on any atom is 0.190 e. The van der Waals surface area contributed by atoms with Crippen molar-refractivity contribution in [1.82, 2.24) is 0 Å². The lowest BCUT2D eigenvalue weighted by Crippen LogP contribution is -2.46. The normalized spacial score (nSPS) is 53.5. The Morgan fingerprint density at radius 2 is 1.95 bits per heavy atom. The van der Waals surface area contributed by atoms with Crippen molar-refractivity contribution in [2.75, 3.05) is 0 Å². The summed E-state index contributed by atoms with van der Waals surface area (Å²) in [4.78, 5) is 13.0. The molecule has 2 heteroatoms. The fourth-order valence-electron chi connectivity index (χ4n) is 6.61. The number of ketones is 1. The van der Waals surface area contributed by atoms with Gasteiger partial charge in [-0.3, -0.25) is 4.79 Å². The number of hydrogen-bond donors (Lipinski definition) is 0. The third-order valence-electron chi connectivity index (χ3n) is 7.85. The second kappa shape index (κ2) is 4.26. The van der Waals surface area contributed by atoms with Crippen LogP contribution in [0.2, 0.25) is 0 Å². The fourth-order valence-corrected chi connectivity index (χ4v) is 6.61. The average molecular weight is 302 g/mol. The zero-order valence-electron chi connectivity index (χ0n) is 14.7. The molecular weight excluding hydrogens is 272 g/mol. The Bertz CT molecular complexity index is 562. The molecule has 0 aromatic carbocycles. The standard InChI is InChI=1S/C20H30O2/c1-12(2)14-6-8-18(4)15(14)10-13(3)11-17(21)20-16(18)7-9-19(20,5)22-20/h11-12,14-16H,6-10H2,1-5H3. The van der Waals surface area contributed by atoms with E-state index in [2.05, 4.69) is 34.6 Å². The van der Waals surface area contributed by atoms with Gasteiger partial charge in [0.1, 0.15) is 5.60 Å². The summed E-state index contributed by atoms with van der Waals surface area (Å²) in [5.74, 6) is 2.94. The van der Waals surface area contributed by atoms with E-state index in [1.807, 2.05) is 6.08 Å².